The van der Waals surface area contributed by atoms with Gasteiger partial charge in [0.05, 0.1) is 5.60 Å². The van der Waals surface area contributed by atoms with Gasteiger partial charge in [0.25, 0.3) is 5.91 Å². The number of amides is 1. The minimum absolute atomic E-state index is 0.00624. The fourth-order valence-corrected chi connectivity index (χ4v) is 2.52. The molecule has 1 aromatic carbocycles. The molecule has 0 spiro atoms. The van der Waals surface area contributed by atoms with Crippen molar-refractivity contribution in [1.82, 2.24) is 5.32 Å². The summed E-state index contributed by atoms with van der Waals surface area (Å²) in [5.41, 5.74) is 1.61. The fraction of sp³-hybridized carbons (Fsp3) is 0.611. The van der Waals surface area contributed by atoms with E-state index in [9.17, 15) is 9.90 Å². The molecule has 1 fully saturated rings. The van der Waals surface area contributed by atoms with E-state index in [1.165, 1.54) is 6.42 Å². The van der Waals surface area contributed by atoms with Crippen LogP contribution in [0.25, 0.3) is 0 Å². The molecule has 0 saturated heterocycles. The van der Waals surface area contributed by atoms with Gasteiger partial charge in [-0.15, -0.1) is 0 Å². The number of rotatable bonds is 6. The number of hydrogen-bond donors (Lipinski definition) is 2. The lowest BCUT2D eigenvalue weighted by atomic mass is 9.98. The first-order valence-corrected chi connectivity index (χ1v) is 7.77. The first-order chi connectivity index (χ1) is 9.67. The van der Waals surface area contributed by atoms with E-state index < -0.39 is 5.60 Å². The van der Waals surface area contributed by atoms with Gasteiger partial charge in [-0.1, -0.05) is 26.0 Å². The van der Waals surface area contributed by atoms with Crippen LogP contribution in [0.5, 0.6) is 0 Å². The van der Waals surface area contributed by atoms with E-state index in [1.54, 1.807) is 0 Å². The molecule has 116 valence electrons. The van der Waals surface area contributed by atoms with Crippen molar-refractivity contribution >= 4 is 5.91 Å². The summed E-state index contributed by atoms with van der Waals surface area (Å²) in [6.45, 7) is 8.87. The maximum absolute atomic E-state index is 12.1. The number of aliphatic hydroxyl groups is 1. The molecule has 1 saturated carbocycles. The predicted octanol–water partition coefficient (Wildman–Crippen LogP) is 3.17. The second-order valence-corrected chi connectivity index (χ2v) is 7.61. The summed E-state index contributed by atoms with van der Waals surface area (Å²) < 4.78 is 0. The Labute approximate surface area is 127 Å². The molecule has 3 heteroatoms. The zero-order valence-electron chi connectivity index (χ0n) is 13.6. The van der Waals surface area contributed by atoms with E-state index in [0.717, 1.165) is 24.9 Å². The third kappa shape index (κ3) is 4.85. The first-order valence-electron chi connectivity index (χ1n) is 7.77. The molecule has 21 heavy (non-hydrogen) atoms. The van der Waals surface area contributed by atoms with Crippen LogP contribution in [0, 0.1) is 11.3 Å². The Morgan fingerprint density at radius 3 is 2.38 bits per heavy atom. The largest absolute Gasteiger partial charge is 0.390 e. The number of aryl methyl sites for hydroxylation is 1. The van der Waals surface area contributed by atoms with E-state index in [-0.39, 0.29) is 5.91 Å². The summed E-state index contributed by atoms with van der Waals surface area (Å²) in [7, 11) is 0. The smallest absolute Gasteiger partial charge is 0.251 e. The van der Waals surface area contributed by atoms with Gasteiger partial charge in [0.15, 0.2) is 0 Å². The van der Waals surface area contributed by atoms with Crippen LogP contribution in [0.2, 0.25) is 0 Å². The second kappa shape index (κ2) is 5.80. The second-order valence-electron chi connectivity index (χ2n) is 7.61. The van der Waals surface area contributed by atoms with Crippen LogP contribution < -0.4 is 5.32 Å². The Balaban J connectivity index is 1.82. The topological polar surface area (TPSA) is 49.3 Å². The third-order valence-corrected chi connectivity index (χ3v) is 4.47. The highest BCUT2D eigenvalue weighted by Crippen LogP contribution is 2.50. The van der Waals surface area contributed by atoms with Gasteiger partial charge >= 0.3 is 0 Å². The van der Waals surface area contributed by atoms with E-state index >= 15 is 0 Å². The molecular formula is C18H27NO2. The van der Waals surface area contributed by atoms with Gasteiger partial charge in [0.1, 0.15) is 0 Å². The average molecular weight is 289 g/mol. The minimum atomic E-state index is -0.646. The van der Waals surface area contributed by atoms with Gasteiger partial charge < -0.3 is 10.4 Å². The van der Waals surface area contributed by atoms with Gasteiger partial charge in [-0.2, -0.15) is 0 Å². The van der Waals surface area contributed by atoms with Crippen molar-refractivity contribution in [3.8, 4) is 0 Å². The van der Waals surface area contributed by atoms with E-state index in [0.29, 0.717) is 16.9 Å². The maximum atomic E-state index is 12.1. The lowest BCUT2D eigenvalue weighted by Crippen LogP contribution is -2.26. The first kappa shape index (κ1) is 16.0. The molecule has 1 aliphatic carbocycles. The van der Waals surface area contributed by atoms with Crippen molar-refractivity contribution in [3.63, 3.8) is 0 Å². The Morgan fingerprint density at radius 2 is 1.90 bits per heavy atom. The summed E-state index contributed by atoms with van der Waals surface area (Å²) in [6, 6.07) is 7.68. The molecule has 0 aromatic heterocycles. The predicted molar refractivity (Wildman–Crippen MR) is 85.3 cm³/mol. The van der Waals surface area contributed by atoms with Crippen LogP contribution in [0.4, 0.5) is 0 Å². The Morgan fingerprint density at radius 1 is 1.33 bits per heavy atom. The molecule has 1 aromatic rings. The Kier molecular flexibility index (Phi) is 4.43. The average Bonchev–Trinajstić information content (AvgIpc) is 3.01. The molecule has 1 atom stereocenters. The fourth-order valence-electron chi connectivity index (χ4n) is 2.52. The van der Waals surface area contributed by atoms with Crippen LogP contribution in [0.3, 0.4) is 0 Å². The lowest BCUT2D eigenvalue weighted by Gasteiger charge is -2.16. The highest BCUT2D eigenvalue weighted by atomic mass is 16.3. The zero-order valence-corrected chi connectivity index (χ0v) is 13.6. The van der Waals surface area contributed by atoms with Crippen molar-refractivity contribution in [1.29, 1.82) is 0 Å². The van der Waals surface area contributed by atoms with Crippen molar-refractivity contribution in [2.24, 2.45) is 11.3 Å². The van der Waals surface area contributed by atoms with Crippen molar-refractivity contribution < 1.29 is 9.90 Å². The molecule has 2 N–H and O–H groups in total. The molecule has 0 unspecified atom stereocenters. The molecule has 0 radical (unpaired) electrons. The normalized spacial score (nSPS) is 20.1. The highest BCUT2D eigenvalue weighted by Gasteiger charge is 2.45. The van der Waals surface area contributed by atoms with Crippen LogP contribution in [-0.2, 0) is 6.42 Å². The quantitative estimate of drug-likeness (QED) is 0.845. The third-order valence-electron chi connectivity index (χ3n) is 4.47. The highest BCUT2D eigenvalue weighted by molar-refractivity contribution is 5.94. The van der Waals surface area contributed by atoms with E-state index in [2.05, 4.69) is 19.2 Å². The molecule has 3 nitrogen and oxygen atoms in total. The van der Waals surface area contributed by atoms with Crippen LogP contribution in [-0.4, -0.2) is 23.2 Å². The van der Waals surface area contributed by atoms with Crippen LogP contribution in [0.15, 0.2) is 24.3 Å². The van der Waals surface area contributed by atoms with Gasteiger partial charge in [0.2, 0.25) is 0 Å². The molecule has 2 rings (SSSR count). The SMILES string of the molecule is CC(C)(O)CCc1ccc(C(=O)NC[C@H]2CC2(C)C)cc1. The van der Waals surface area contributed by atoms with E-state index in [1.807, 2.05) is 38.1 Å². The number of hydrogen-bond acceptors (Lipinski definition) is 2. The Hall–Kier alpha value is -1.35. The summed E-state index contributed by atoms with van der Waals surface area (Å²) in [5, 5.41) is 12.7. The monoisotopic (exact) mass is 289 g/mol. The van der Waals surface area contributed by atoms with Gasteiger partial charge in [0, 0.05) is 12.1 Å². The number of benzene rings is 1. The molecule has 1 amide bonds. The van der Waals surface area contributed by atoms with Crippen molar-refractivity contribution in [2.45, 2.75) is 52.6 Å². The zero-order chi connectivity index (χ0) is 15.7. The molecule has 1 aliphatic rings. The molecular weight excluding hydrogens is 262 g/mol. The van der Waals surface area contributed by atoms with Crippen molar-refractivity contribution in [2.75, 3.05) is 6.54 Å². The standard InChI is InChI=1S/C18H27NO2/c1-17(2)11-15(17)12-19-16(20)14-7-5-13(6-8-14)9-10-18(3,4)21/h5-8,15,21H,9-12H2,1-4H3,(H,19,20)/t15-/m1/s1. The molecule has 0 bridgehead atoms. The lowest BCUT2D eigenvalue weighted by molar-refractivity contribution is 0.0713. The van der Waals surface area contributed by atoms with Gasteiger partial charge in [-0.05, 0) is 62.1 Å². The summed E-state index contributed by atoms with van der Waals surface area (Å²) in [4.78, 5) is 12.1. The molecule has 0 aliphatic heterocycles. The summed E-state index contributed by atoms with van der Waals surface area (Å²) >= 11 is 0. The minimum Gasteiger partial charge on any atom is -0.390 e. The number of carbonyl (C=O) groups is 1. The van der Waals surface area contributed by atoms with Gasteiger partial charge in [-0.3, -0.25) is 4.79 Å². The maximum Gasteiger partial charge on any atom is 0.251 e. The Bertz CT molecular complexity index is 497. The molecule has 0 heterocycles. The van der Waals surface area contributed by atoms with Gasteiger partial charge in [-0.25, -0.2) is 0 Å². The van der Waals surface area contributed by atoms with Crippen LogP contribution >= 0.6 is 0 Å². The van der Waals surface area contributed by atoms with E-state index in [4.69, 9.17) is 0 Å². The number of carbonyl (C=O) groups excluding carboxylic acids is 1. The number of nitrogens with one attached hydrogen (secondary N) is 1. The summed E-state index contributed by atoms with van der Waals surface area (Å²) in [5.74, 6) is 0.624. The van der Waals surface area contributed by atoms with Crippen LogP contribution in [0.1, 0.15) is 56.5 Å². The summed E-state index contributed by atoms with van der Waals surface area (Å²) in [6.07, 6.45) is 2.74. The van der Waals surface area contributed by atoms with Crippen molar-refractivity contribution in [3.05, 3.63) is 35.4 Å².